The Kier molecular flexibility index (Phi) is 6.94. The molecule has 0 radical (unpaired) electrons. The molecule has 1 fully saturated rings. The second-order valence-electron chi connectivity index (χ2n) is 3.98. The normalized spacial score (nSPS) is 14.4. The molecule has 1 aliphatic rings. The van der Waals surface area contributed by atoms with Crippen molar-refractivity contribution in [3.63, 3.8) is 0 Å². The van der Waals surface area contributed by atoms with E-state index in [1.54, 1.807) is 0 Å². The van der Waals surface area contributed by atoms with Crippen LogP contribution >= 0.6 is 24.8 Å². The third-order valence-corrected chi connectivity index (χ3v) is 3.05. The molecule has 1 heterocycles. The summed E-state index contributed by atoms with van der Waals surface area (Å²) in [7, 11) is 1.81. The lowest BCUT2D eigenvalue weighted by molar-refractivity contribution is 0.698. The Bertz CT molecular complexity index is 395. The summed E-state index contributed by atoms with van der Waals surface area (Å²) in [5.74, 6) is 1.31. The fraction of sp³-hybridized carbons (Fsp3) is 0.500. The van der Waals surface area contributed by atoms with E-state index in [0.29, 0.717) is 17.3 Å². The van der Waals surface area contributed by atoms with Gasteiger partial charge in [-0.05, 0) is 25.0 Å². The molecule has 0 atom stereocenters. The van der Waals surface area contributed by atoms with Crippen LogP contribution in [0.2, 0.25) is 0 Å². The highest BCUT2D eigenvalue weighted by Crippen LogP contribution is 2.33. The van der Waals surface area contributed by atoms with Crippen LogP contribution in [-0.2, 0) is 0 Å². The molecule has 0 aliphatic heterocycles. The van der Waals surface area contributed by atoms with Crippen molar-refractivity contribution < 1.29 is 0 Å². The summed E-state index contributed by atoms with van der Waals surface area (Å²) in [6, 6.07) is 6.00. The summed E-state index contributed by atoms with van der Waals surface area (Å²) in [5.41, 5.74) is 1.76. The number of anilines is 1. The number of nitrogens with one attached hydrogen (secondary N) is 1. The van der Waals surface area contributed by atoms with Crippen molar-refractivity contribution in [1.29, 1.82) is 5.26 Å². The van der Waals surface area contributed by atoms with Crippen LogP contribution in [0, 0.1) is 11.3 Å². The van der Waals surface area contributed by atoms with Crippen LogP contribution in [-0.4, -0.2) is 12.0 Å². The quantitative estimate of drug-likeness (QED) is 0.897. The van der Waals surface area contributed by atoms with Crippen molar-refractivity contribution in [2.24, 2.45) is 0 Å². The first kappa shape index (κ1) is 16.0. The largest absolute Gasteiger partial charge is 0.372 e. The summed E-state index contributed by atoms with van der Waals surface area (Å²) in [6.45, 7) is 0. The molecular formula is C12H17Cl2N3. The predicted molar refractivity (Wildman–Crippen MR) is 74.2 cm³/mol. The first-order valence-electron chi connectivity index (χ1n) is 5.44. The Balaban J connectivity index is 0.00000128. The van der Waals surface area contributed by atoms with Gasteiger partial charge in [0.25, 0.3) is 0 Å². The maximum atomic E-state index is 8.88. The molecule has 0 amide bonds. The number of hydrogen-bond acceptors (Lipinski definition) is 3. The molecule has 1 aromatic heterocycles. The number of hydrogen-bond donors (Lipinski definition) is 1. The van der Waals surface area contributed by atoms with Crippen LogP contribution in [0.3, 0.4) is 0 Å². The summed E-state index contributed by atoms with van der Waals surface area (Å²) in [4.78, 5) is 4.51. The van der Waals surface area contributed by atoms with E-state index in [-0.39, 0.29) is 24.8 Å². The van der Waals surface area contributed by atoms with Gasteiger partial charge in [0.2, 0.25) is 0 Å². The molecule has 1 aliphatic carbocycles. The molecule has 17 heavy (non-hydrogen) atoms. The van der Waals surface area contributed by atoms with E-state index in [1.807, 2.05) is 19.2 Å². The monoisotopic (exact) mass is 273 g/mol. The molecule has 5 heteroatoms. The van der Waals surface area contributed by atoms with Gasteiger partial charge in [0.1, 0.15) is 11.9 Å². The topological polar surface area (TPSA) is 48.7 Å². The molecule has 1 aromatic rings. The zero-order valence-corrected chi connectivity index (χ0v) is 11.4. The number of nitriles is 1. The molecule has 0 unspecified atom stereocenters. The van der Waals surface area contributed by atoms with Crippen LogP contribution in [0.15, 0.2) is 12.1 Å². The maximum Gasteiger partial charge on any atom is 0.143 e. The van der Waals surface area contributed by atoms with Gasteiger partial charge in [-0.2, -0.15) is 5.26 Å². The van der Waals surface area contributed by atoms with E-state index in [4.69, 9.17) is 5.26 Å². The summed E-state index contributed by atoms with van der Waals surface area (Å²) in [5, 5.41) is 11.9. The van der Waals surface area contributed by atoms with Crippen LogP contribution < -0.4 is 5.32 Å². The first-order chi connectivity index (χ1) is 7.35. The molecular weight excluding hydrogens is 257 g/mol. The van der Waals surface area contributed by atoms with Crippen molar-refractivity contribution in [2.45, 2.75) is 31.6 Å². The number of aromatic nitrogens is 1. The smallest absolute Gasteiger partial charge is 0.143 e. The number of pyridine rings is 1. The second kappa shape index (κ2) is 7.37. The molecule has 0 aromatic carbocycles. The fourth-order valence-corrected chi connectivity index (χ4v) is 2.20. The van der Waals surface area contributed by atoms with Crippen LogP contribution in [0.4, 0.5) is 5.82 Å². The zero-order chi connectivity index (χ0) is 10.7. The number of halogens is 2. The summed E-state index contributed by atoms with van der Waals surface area (Å²) < 4.78 is 0. The highest BCUT2D eigenvalue weighted by molar-refractivity contribution is 5.85. The molecule has 1 saturated carbocycles. The van der Waals surface area contributed by atoms with Gasteiger partial charge < -0.3 is 5.32 Å². The average Bonchev–Trinajstić information content (AvgIpc) is 2.81. The molecule has 0 saturated heterocycles. The Labute approximate surface area is 114 Å². The maximum absolute atomic E-state index is 8.88. The van der Waals surface area contributed by atoms with Crippen molar-refractivity contribution in [2.75, 3.05) is 12.4 Å². The number of rotatable bonds is 2. The Morgan fingerprint density at radius 3 is 2.47 bits per heavy atom. The van der Waals surface area contributed by atoms with E-state index in [0.717, 1.165) is 5.69 Å². The lowest BCUT2D eigenvalue weighted by Gasteiger charge is -2.10. The Hall–Kier alpha value is -0.980. The van der Waals surface area contributed by atoms with Crippen molar-refractivity contribution in [3.8, 4) is 6.07 Å². The van der Waals surface area contributed by atoms with Gasteiger partial charge in [-0.15, -0.1) is 24.8 Å². The SMILES string of the molecule is CNc1nc(C2CCCC2)ccc1C#N.Cl.Cl. The molecule has 3 nitrogen and oxygen atoms in total. The van der Waals surface area contributed by atoms with E-state index < -0.39 is 0 Å². The molecule has 94 valence electrons. The van der Waals surface area contributed by atoms with Crippen LogP contribution in [0.25, 0.3) is 0 Å². The van der Waals surface area contributed by atoms with Gasteiger partial charge in [0, 0.05) is 18.7 Å². The third kappa shape index (κ3) is 3.49. The number of nitrogens with zero attached hydrogens (tertiary/aromatic N) is 2. The van der Waals surface area contributed by atoms with Crippen LogP contribution in [0.5, 0.6) is 0 Å². The molecule has 2 rings (SSSR count). The van der Waals surface area contributed by atoms with Gasteiger partial charge >= 0.3 is 0 Å². The Morgan fingerprint density at radius 1 is 1.29 bits per heavy atom. The van der Waals surface area contributed by atoms with Crippen molar-refractivity contribution >= 4 is 30.6 Å². The minimum absolute atomic E-state index is 0. The van der Waals surface area contributed by atoms with E-state index >= 15 is 0 Å². The van der Waals surface area contributed by atoms with Gasteiger partial charge in [0.05, 0.1) is 5.56 Å². The predicted octanol–water partition coefficient (Wildman–Crippen LogP) is 3.50. The standard InChI is InChI=1S/C12H15N3.2ClH/c1-14-12-10(8-13)6-7-11(15-12)9-4-2-3-5-9;;/h6-7,9H,2-5H2,1H3,(H,14,15);2*1H. The zero-order valence-electron chi connectivity index (χ0n) is 9.77. The summed E-state index contributed by atoms with van der Waals surface area (Å²) >= 11 is 0. The molecule has 0 spiro atoms. The average molecular weight is 274 g/mol. The van der Waals surface area contributed by atoms with Crippen molar-refractivity contribution in [1.82, 2.24) is 4.98 Å². The van der Waals surface area contributed by atoms with Crippen molar-refractivity contribution in [3.05, 3.63) is 23.4 Å². The van der Waals surface area contributed by atoms with Gasteiger partial charge in [-0.3, -0.25) is 0 Å². The minimum atomic E-state index is 0. The fourth-order valence-electron chi connectivity index (χ4n) is 2.20. The van der Waals surface area contributed by atoms with E-state index in [2.05, 4.69) is 16.4 Å². The van der Waals surface area contributed by atoms with Gasteiger partial charge in [-0.1, -0.05) is 12.8 Å². The van der Waals surface area contributed by atoms with Crippen LogP contribution in [0.1, 0.15) is 42.9 Å². The third-order valence-electron chi connectivity index (χ3n) is 3.05. The van der Waals surface area contributed by atoms with Gasteiger partial charge in [-0.25, -0.2) is 4.98 Å². The lowest BCUT2D eigenvalue weighted by Crippen LogP contribution is -2.02. The Morgan fingerprint density at radius 2 is 1.94 bits per heavy atom. The highest BCUT2D eigenvalue weighted by Gasteiger charge is 2.19. The molecule has 0 bridgehead atoms. The lowest BCUT2D eigenvalue weighted by atomic mass is 10.0. The van der Waals surface area contributed by atoms with E-state index in [1.165, 1.54) is 25.7 Å². The van der Waals surface area contributed by atoms with E-state index in [9.17, 15) is 0 Å². The highest BCUT2D eigenvalue weighted by atomic mass is 35.5. The summed E-state index contributed by atoms with van der Waals surface area (Å²) in [6.07, 6.45) is 5.09. The minimum Gasteiger partial charge on any atom is -0.372 e. The first-order valence-corrected chi connectivity index (χ1v) is 5.44. The second-order valence-corrected chi connectivity index (χ2v) is 3.98. The molecule has 1 N–H and O–H groups in total. The van der Waals surface area contributed by atoms with Gasteiger partial charge in [0.15, 0.2) is 0 Å².